The number of aryl methyl sites for hydroxylation is 2. The van der Waals surface area contributed by atoms with Gasteiger partial charge in [-0.05, 0) is 0 Å². The first-order valence-electron chi connectivity index (χ1n) is 4.31. The van der Waals surface area contributed by atoms with Gasteiger partial charge in [-0.3, -0.25) is 4.68 Å². The lowest BCUT2D eigenvalue weighted by atomic mass is 10.3. The Morgan fingerprint density at radius 2 is 2.00 bits per heavy atom. The molecule has 0 aromatic carbocycles. The van der Waals surface area contributed by atoms with Gasteiger partial charge in [0.05, 0.1) is 6.20 Å². The van der Waals surface area contributed by atoms with E-state index >= 15 is 0 Å². The van der Waals surface area contributed by atoms with Gasteiger partial charge in [0.1, 0.15) is 11.4 Å². The predicted molar refractivity (Wildman–Crippen MR) is 54.6 cm³/mol. The maximum atomic E-state index is 11.2. The molecule has 2 rings (SSSR count). The van der Waals surface area contributed by atoms with Gasteiger partial charge in [0, 0.05) is 20.2 Å². The monoisotopic (exact) mass is 242 g/mol. The minimum Gasteiger partial charge on any atom is -0.255 e. The zero-order chi connectivity index (χ0) is 11.9. The molecule has 0 radical (unpaired) electrons. The van der Waals surface area contributed by atoms with E-state index in [9.17, 15) is 8.42 Å². The smallest absolute Gasteiger partial charge is 0.255 e. The highest BCUT2D eigenvalue weighted by atomic mass is 32.2. The molecular formula is C7H10N6O2S. The Balaban J connectivity index is 2.59. The summed E-state index contributed by atoms with van der Waals surface area (Å²) in [5.41, 5.74) is 1.07. The lowest BCUT2D eigenvalue weighted by Crippen LogP contribution is -2.16. The van der Waals surface area contributed by atoms with Crippen LogP contribution in [0.3, 0.4) is 0 Å². The van der Waals surface area contributed by atoms with Crippen molar-refractivity contribution in [3.63, 3.8) is 0 Å². The van der Waals surface area contributed by atoms with Crippen LogP contribution in [0.2, 0.25) is 0 Å². The molecule has 2 heterocycles. The van der Waals surface area contributed by atoms with E-state index in [4.69, 9.17) is 5.14 Å². The van der Waals surface area contributed by atoms with E-state index in [0.717, 1.165) is 0 Å². The van der Waals surface area contributed by atoms with Gasteiger partial charge in [0.2, 0.25) is 0 Å². The molecule has 0 spiro atoms. The minimum atomic E-state index is -3.77. The molecule has 0 fully saturated rings. The van der Waals surface area contributed by atoms with Crippen LogP contribution in [0.25, 0.3) is 11.4 Å². The number of rotatable bonds is 2. The summed E-state index contributed by atoms with van der Waals surface area (Å²) in [6, 6.07) is 1.38. The molecule has 2 N–H and O–H groups in total. The molecule has 0 unspecified atom stereocenters. The predicted octanol–water partition coefficient (Wildman–Crippen LogP) is -1.14. The summed E-state index contributed by atoms with van der Waals surface area (Å²) in [5.74, 6) is 0. The largest absolute Gasteiger partial charge is 0.255 e. The average Bonchev–Trinajstić information content (AvgIpc) is 2.70. The molecule has 2 aromatic heterocycles. The standard InChI is InChI=1S/C7H10N6O2S/c1-12-6(4-9-11-12)5-3-7(13(2)10-5)16(8,14)15/h3-4H,1-2H3,(H2,8,14,15). The molecular weight excluding hydrogens is 232 g/mol. The molecule has 0 aliphatic carbocycles. The Morgan fingerprint density at radius 3 is 2.44 bits per heavy atom. The highest BCUT2D eigenvalue weighted by Gasteiger charge is 2.17. The average molecular weight is 242 g/mol. The summed E-state index contributed by atoms with van der Waals surface area (Å²) in [4.78, 5) is 0. The second-order valence-electron chi connectivity index (χ2n) is 3.28. The maximum absolute atomic E-state index is 11.2. The summed E-state index contributed by atoms with van der Waals surface area (Å²) in [6.45, 7) is 0. The van der Waals surface area contributed by atoms with Crippen LogP contribution in [-0.4, -0.2) is 33.2 Å². The van der Waals surface area contributed by atoms with E-state index in [1.165, 1.54) is 28.7 Å². The Morgan fingerprint density at radius 1 is 1.31 bits per heavy atom. The highest BCUT2D eigenvalue weighted by molar-refractivity contribution is 7.89. The molecule has 16 heavy (non-hydrogen) atoms. The van der Waals surface area contributed by atoms with E-state index in [2.05, 4.69) is 15.4 Å². The Hall–Kier alpha value is -1.74. The fraction of sp³-hybridized carbons (Fsp3) is 0.286. The summed E-state index contributed by atoms with van der Waals surface area (Å²) < 4.78 is 25.1. The van der Waals surface area contributed by atoms with Crippen LogP contribution in [0.4, 0.5) is 0 Å². The van der Waals surface area contributed by atoms with Gasteiger partial charge in [-0.1, -0.05) is 5.21 Å². The van der Waals surface area contributed by atoms with Crippen LogP contribution in [0, 0.1) is 0 Å². The Kier molecular flexibility index (Phi) is 2.28. The van der Waals surface area contributed by atoms with Crippen LogP contribution >= 0.6 is 0 Å². The van der Waals surface area contributed by atoms with Crippen molar-refractivity contribution >= 4 is 10.0 Å². The topological polar surface area (TPSA) is 109 Å². The quantitative estimate of drug-likeness (QED) is 0.716. The van der Waals surface area contributed by atoms with E-state index in [1.807, 2.05) is 0 Å². The Labute approximate surface area is 91.7 Å². The first-order chi connectivity index (χ1) is 7.39. The lowest BCUT2D eigenvalue weighted by molar-refractivity contribution is 0.578. The molecule has 8 nitrogen and oxygen atoms in total. The lowest BCUT2D eigenvalue weighted by Gasteiger charge is -1.95. The van der Waals surface area contributed by atoms with Crippen molar-refractivity contribution < 1.29 is 8.42 Å². The van der Waals surface area contributed by atoms with Crippen molar-refractivity contribution in [2.45, 2.75) is 5.03 Å². The van der Waals surface area contributed by atoms with Gasteiger partial charge in [0.25, 0.3) is 10.0 Å². The number of sulfonamides is 1. The molecule has 0 aliphatic rings. The van der Waals surface area contributed by atoms with Crippen LogP contribution in [0.1, 0.15) is 0 Å². The van der Waals surface area contributed by atoms with E-state index in [1.54, 1.807) is 7.05 Å². The molecule has 0 saturated carbocycles. The van der Waals surface area contributed by atoms with Crippen LogP contribution < -0.4 is 5.14 Å². The van der Waals surface area contributed by atoms with Gasteiger partial charge in [-0.2, -0.15) is 5.10 Å². The number of nitrogens with zero attached hydrogens (tertiary/aromatic N) is 5. The normalized spacial score (nSPS) is 11.9. The van der Waals surface area contributed by atoms with E-state index < -0.39 is 10.0 Å². The van der Waals surface area contributed by atoms with E-state index in [-0.39, 0.29) is 5.03 Å². The van der Waals surface area contributed by atoms with Crippen LogP contribution in [-0.2, 0) is 24.1 Å². The number of nitrogens with two attached hydrogens (primary N) is 1. The van der Waals surface area contributed by atoms with Crippen molar-refractivity contribution in [3.05, 3.63) is 12.3 Å². The first kappa shape index (κ1) is 10.8. The zero-order valence-corrected chi connectivity index (χ0v) is 9.51. The molecule has 0 aliphatic heterocycles. The second kappa shape index (κ2) is 3.39. The molecule has 2 aromatic rings. The van der Waals surface area contributed by atoms with Gasteiger partial charge < -0.3 is 0 Å². The third-order valence-electron chi connectivity index (χ3n) is 2.11. The van der Waals surface area contributed by atoms with Crippen LogP contribution in [0.5, 0.6) is 0 Å². The summed E-state index contributed by atoms with van der Waals surface area (Å²) >= 11 is 0. The molecule has 0 bridgehead atoms. The zero-order valence-electron chi connectivity index (χ0n) is 8.69. The molecule has 0 atom stereocenters. The second-order valence-corrected chi connectivity index (χ2v) is 4.79. The van der Waals surface area contributed by atoms with Crippen molar-refractivity contribution in [2.75, 3.05) is 0 Å². The molecule has 0 saturated heterocycles. The first-order valence-corrected chi connectivity index (χ1v) is 5.86. The molecule has 9 heteroatoms. The Bertz CT molecular complexity index is 625. The summed E-state index contributed by atoms with van der Waals surface area (Å²) in [7, 11) is -0.571. The number of hydrogen-bond donors (Lipinski definition) is 1. The maximum Gasteiger partial charge on any atom is 0.255 e. The highest BCUT2D eigenvalue weighted by Crippen LogP contribution is 2.18. The summed E-state index contributed by atoms with van der Waals surface area (Å²) in [5, 5.41) is 16.4. The van der Waals surface area contributed by atoms with Gasteiger partial charge >= 0.3 is 0 Å². The van der Waals surface area contributed by atoms with Crippen molar-refractivity contribution in [2.24, 2.45) is 19.2 Å². The van der Waals surface area contributed by atoms with Crippen molar-refractivity contribution in [1.82, 2.24) is 24.8 Å². The SMILES string of the molecule is Cn1nncc1-c1cc(S(N)(=O)=O)n(C)n1. The minimum absolute atomic E-state index is 0.0521. The van der Waals surface area contributed by atoms with Gasteiger partial charge in [0.15, 0.2) is 5.03 Å². The van der Waals surface area contributed by atoms with Gasteiger partial charge in [-0.15, -0.1) is 5.10 Å². The number of aromatic nitrogens is 5. The fourth-order valence-corrected chi connectivity index (χ4v) is 2.05. The number of hydrogen-bond acceptors (Lipinski definition) is 5. The van der Waals surface area contributed by atoms with Gasteiger partial charge in [-0.25, -0.2) is 18.2 Å². The molecule has 86 valence electrons. The van der Waals surface area contributed by atoms with Crippen molar-refractivity contribution in [1.29, 1.82) is 0 Å². The third-order valence-corrected chi connectivity index (χ3v) is 3.07. The summed E-state index contributed by atoms with van der Waals surface area (Å²) in [6.07, 6.45) is 1.50. The van der Waals surface area contributed by atoms with E-state index in [0.29, 0.717) is 11.4 Å². The van der Waals surface area contributed by atoms with Crippen molar-refractivity contribution in [3.8, 4) is 11.4 Å². The number of primary sulfonamides is 1. The fourth-order valence-electron chi connectivity index (χ4n) is 1.36. The molecule has 0 amide bonds. The van der Waals surface area contributed by atoms with Crippen LogP contribution in [0.15, 0.2) is 17.3 Å². The third kappa shape index (κ3) is 1.70.